The quantitative estimate of drug-likeness (QED) is 0.168. The van der Waals surface area contributed by atoms with Crippen LogP contribution in [0.5, 0.6) is 17.2 Å². The van der Waals surface area contributed by atoms with Crippen molar-refractivity contribution in [3.8, 4) is 17.2 Å². The number of carbonyl (C=O) groups is 2. The molecule has 0 fully saturated rings. The molecular weight excluding hydrogens is 498 g/mol. The molecule has 39 heavy (non-hydrogen) atoms. The van der Waals surface area contributed by atoms with Gasteiger partial charge in [-0.15, -0.1) is 0 Å². The second-order valence-corrected chi connectivity index (χ2v) is 11.7. The summed E-state index contributed by atoms with van der Waals surface area (Å²) < 4.78 is 17.8. The summed E-state index contributed by atoms with van der Waals surface area (Å²) in [5.41, 5.74) is 12.6. The Morgan fingerprint density at radius 2 is 1.64 bits per heavy atom. The molecule has 0 aromatic heterocycles. The number of primary amides is 2. The second-order valence-electron chi connectivity index (χ2n) is 11.7. The summed E-state index contributed by atoms with van der Waals surface area (Å²) in [7, 11) is 3.18. The van der Waals surface area contributed by atoms with Gasteiger partial charge in [0.1, 0.15) is 6.10 Å². The van der Waals surface area contributed by atoms with Gasteiger partial charge in [-0.2, -0.15) is 0 Å². The van der Waals surface area contributed by atoms with Crippen LogP contribution in [-0.2, 0) is 14.3 Å². The van der Waals surface area contributed by atoms with E-state index in [1.165, 1.54) is 7.11 Å². The van der Waals surface area contributed by atoms with Crippen LogP contribution in [0.2, 0.25) is 0 Å². The van der Waals surface area contributed by atoms with Crippen LogP contribution < -0.4 is 26.3 Å². The number of rotatable bonds is 19. The maximum Gasteiger partial charge on any atom is 0.224 e. The van der Waals surface area contributed by atoms with Crippen molar-refractivity contribution >= 4 is 17.5 Å². The Hall–Kier alpha value is -2.68. The van der Waals surface area contributed by atoms with E-state index in [9.17, 15) is 14.7 Å². The summed E-state index contributed by atoms with van der Waals surface area (Å²) >= 11 is 0. The lowest BCUT2D eigenvalue weighted by Crippen LogP contribution is -2.37. The van der Waals surface area contributed by atoms with Gasteiger partial charge >= 0.3 is 0 Å². The van der Waals surface area contributed by atoms with E-state index < -0.39 is 11.3 Å². The molecule has 6 N–H and O–H groups in total. The van der Waals surface area contributed by atoms with Crippen molar-refractivity contribution < 1.29 is 28.9 Å². The molecule has 0 aliphatic heterocycles. The first-order valence-corrected chi connectivity index (χ1v) is 14.2. The summed E-state index contributed by atoms with van der Waals surface area (Å²) in [5.74, 6) is 0.111. The zero-order chi connectivity index (χ0) is 29.9. The molecule has 9 heteroatoms. The third kappa shape index (κ3) is 9.48. The van der Waals surface area contributed by atoms with Crippen LogP contribution in [0.1, 0.15) is 110 Å². The molecule has 1 aromatic rings. The molecule has 0 bridgehead atoms. The lowest BCUT2D eigenvalue weighted by molar-refractivity contribution is -0.125. The van der Waals surface area contributed by atoms with E-state index in [1.807, 2.05) is 0 Å². The first-order chi connectivity index (χ1) is 18.2. The number of hydrogen-bond donors (Lipinski definition) is 4. The summed E-state index contributed by atoms with van der Waals surface area (Å²) in [6.07, 6.45) is 3.84. The number of benzene rings is 1. The van der Waals surface area contributed by atoms with Gasteiger partial charge in [-0.1, -0.05) is 41.0 Å². The molecule has 2 atom stereocenters. The number of amides is 2. The van der Waals surface area contributed by atoms with E-state index in [0.29, 0.717) is 37.3 Å². The SMILES string of the molecule is CCCC(CCCC(N)=O)c1c(NCC(C)(C)C(N)=O)c(O)c(OC)c(OC(CCOC)C(C)C)c1C(C)C. The highest BCUT2D eigenvalue weighted by atomic mass is 16.5. The predicted molar refractivity (Wildman–Crippen MR) is 157 cm³/mol. The van der Waals surface area contributed by atoms with Gasteiger partial charge in [0.2, 0.25) is 17.6 Å². The lowest BCUT2D eigenvalue weighted by atomic mass is 9.81. The minimum Gasteiger partial charge on any atom is -0.503 e. The van der Waals surface area contributed by atoms with Gasteiger partial charge in [0.15, 0.2) is 11.5 Å². The molecule has 2 amide bonds. The molecule has 0 aliphatic carbocycles. The molecule has 1 aromatic carbocycles. The highest BCUT2D eigenvalue weighted by Crippen LogP contribution is 2.54. The van der Waals surface area contributed by atoms with Crippen molar-refractivity contribution in [3.05, 3.63) is 11.1 Å². The van der Waals surface area contributed by atoms with E-state index in [4.69, 9.17) is 25.7 Å². The summed E-state index contributed by atoms with van der Waals surface area (Å²) in [6.45, 7) is 14.7. The van der Waals surface area contributed by atoms with E-state index in [2.05, 4.69) is 39.9 Å². The first kappa shape index (κ1) is 34.3. The number of phenols is 1. The van der Waals surface area contributed by atoms with Crippen LogP contribution in [0, 0.1) is 11.3 Å². The fourth-order valence-corrected chi connectivity index (χ4v) is 4.82. The molecule has 0 saturated carbocycles. The molecule has 0 heterocycles. The van der Waals surface area contributed by atoms with E-state index >= 15 is 0 Å². The average molecular weight is 552 g/mol. The van der Waals surface area contributed by atoms with E-state index in [1.54, 1.807) is 21.0 Å². The van der Waals surface area contributed by atoms with Gasteiger partial charge in [-0.05, 0) is 56.4 Å². The van der Waals surface area contributed by atoms with Crippen molar-refractivity contribution in [1.82, 2.24) is 0 Å². The first-order valence-electron chi connectivity index (χ1n) is 14.2. The lowest BCUT2D eigenvalue weighted by Gasteiger charge is -2.33. The number of anilines is 1. The Morgan fingerprint density at radius 1 is 1.00 bits per heavy atom. The van der Waals surface area contributed by atoms with Gasteiger partial charge in [0.05, 0.1) is 18.2 Å². The van der Waals surface area contributed by atoms with Gasteiger partial charge in [0.25, 0.3) is 0 Å². The van der Waals surface area contributed by atoms with Crippen molar-refractivity contribution in [3.63, 3.8) is 0 Å². The van der Waals surface area contributed by atoms with Crippen LogP contribution in [0.15, 0.2) is 0 Å². The molecule has 224 valence electrons. The third-order valence-electron chi connectivity index (χ3n) is 7.26. The Bertz CT molecular complexity index is 945. The number of methoxy groups -OCH3 is 2. The predicted octanol–water partition coefficient (Wildman–Crippen LogP) is 5.43. The smallest absolute Gasteiger partial charge is 0.224 e. The number of hydrogen-bond acceptors (Lipinski definition) is 7. The van der Waals surface area contributed by atoms with Crippen molar-refractivity contribution in [2.45, 2.75) is 105 Å². The van der Waals surface area contributed by atoms with Crippen LogP contribution >= 0.6 is 0 Å². The van der Waals surface area contributed by atoms with Gasteiger partial charge in [0, 0.05) is 38.7 Å². The molecule has 0 saturated heterocycles. The molecule has 0 radical (unpaired) electrons. The van der Waals surface area contributed by atoms with E-state index in [0.717, 1.165) is 24.0 Å². The Balaban J connectivity index is 3.97. The number of nitrogens with two attached hydrogens (primary N) is 2. The molecule has 0 aliphatic rings. The number of carbonyl (C=O) groups excluding carboxylic acids is 2. The second kappa shape index (κ2) is 15.8. The number of nitrogens with one attached hydrogen (secondary N) is 1. The minimum absolute atomic E-state index is 0.00146. The Labute approximate surface area is 235 Å². The summed E-state index contributed by atoms with van der Waals surface area (Å²) in [5, 5.41) is 15.0. The summed E-state index contributed by atoms with van der Waals surface area (Å²) in [6, 6.07) is 0. The zero-order valence-corrected chi connectivity index (χ0v) is 25.6. The number of ether oxygens (including phenoxy) is 3. The minimum atomic E-state index is -0.862. The Morgan fingerprint density at radius 3 is 2.10 bits per heavy atom. The Kier molecular flexibility index (Phi) is 13.9. The van der Waals surface area contributed by atoms with Crippen LogP contribution in [0.25, 0.3) is 0 Å². The molecular formula is C30H53N3O6. The maximum absolute atomic E-state index is 12.1. The van der Waals surface area contributed by atoms with Gasteiger partial charge in [-0.25, -0.2) is 0 Å². The molecule has 0 spiro atoms. The zero-order valence-electron chi connectivity index (χ0n) is 25.6. The van der Waals surface area contributed by atoms with Crippen LogP contribution in [0.4, 0.5) is 5.69 Å². The molecule has 2 unspecified atom stereocenters. The van der Waals surface area contributed by atoms with Crippen molar-refractivity contribution in [2.24, 2.45) is 22.8 Å². The molecule has 9 nitrogen and oxygen atoms in total. The third-order valence-corrected chi connectivity index (χ3v) is 7.26. The molecule has 1 rings (SSSR count). The van der Waals surface area contributed by atoms with Crippen molar-refractivity contribution in [1.29, 1.82) is 0 Å². The standard InChI is InChI=1S/C30H53N3O6/c1-10-12-20(13-11-14-22(31)34)24-23(19(4)5)27(39-21(18(2)3)15-16-37-8)28(38-9)26(35)25(24)33-17-30(6,7)29(32)36/h18-21,33,35H,10-17H2,1-9H3,(H2,31,34)(H2,32,36). The van der Waals surface area contributed by atoms with Gasteiger partial charge < -0.3 is 36.1 Å². The number of aromatic hydroxyl groups is 1. The maximum atomic E-state index is 12.1. The van der Waals surface area contributed by atoms with Crippen molar-refractivity contribution in [2.75, 3.05) is 32.7 Å². The monoisotopic (exact) mass is 551 g/mol. The average Bonchev–Trinajstić information content (AvgIpc) is 2.84. The van der Waals surface area contributed by atoms with Crippen LogP contribution in [0.3, 0.4) is 0 Å². The number of phenolic OH excluding ortho intramolecular Hbond substituents is 1. The van der Waals surface area contributed by atoms with Gasteiger partial charge in [-0.3, -0.25) is 9.59 Å². The largest absolute Gasteiger partial charge is 0.503 e. The van der Waals surface area contributed by atoms with Crippen LogP contribution in [-0.4, -0.2) is 50.4 Å². The fraction of sp³-hybridized carbons (Fsp3) is 0.733. The normalized spacial score (nSPS) is 13.4. The summed E-state index contributed by atoms with van der Waals surface area (Å²) in [4.78, 5) is 23.6. The van der Waals surface area contributed by atoms with E-state index in [-0.39, 0.29) is 54.2 Å². The fourth-order valence-electron chi connectivity index (χ4n) is 4.82. The topological polar surface area (TPSA) is 146 Å². The highest BCUT2D eigenvalue weighted by Gasteiger charge is 2.34. The highest BCUT2D eigenvalue weighted by molar-refractivity contribution is 5.82.